The van der Waals surface area contributed by atoms with Crippen molar-refractivity contribution in [2.24, 2.45) is 0 Å². The van der Waals surface area contributed by atoms with Gasteiger partial charge in [-0.3, -0.25) is 9.05 Å². The topological polar surface area (TPSA) is 80.3 Å². The molecule has 0 fully saturated rings. The lowest BCUT2D eigenvalue weighted by Crippen LogP contribution is -2.05. The largest absolute Gasteiger partial charge is 0.539 e. The summed E-state index contributed by atoms with van der Waals surface area (Å²) in [6.45, 7) is 0.0975. The van der Waals surface area contributed by atoms with Crippen molar-refractivity contribution in [1.29, 1.82) is 0 Å². The standard InChI is InChI=1S/C6H8O7P2/c7-14(9-3-1-4-10-14)13-15(8)11-5-2-6-12-15/h1-3,5H,4,6H2. The molecule has 0 amide bonds. The predicted molar refractivity (Wildman–Crippen MR) is 48.7 cm³/mol. The van der Waals surface area contributed by atoms with Crippen LogP contribution in [0.15, 0.2) is 24.7 Å². The normalized spacial score (nSPS) is 39.5. The van der Waals surface area contributed by atoms with Crippen LogP contribution in [0.5, 0.6) is 0 Å². The van der Waals surface area contributed by atoms with E-state index in [1.807, 2.05) is 0 Å². The molecular weight excluding hydrogens is 246 g/mol. The first-order chi connectivity index (χ1) is 7.12. The highest BCUT2D eigenvalue weighted by Crippen LogP contribution is 2.67. The van der Waals surface area contributed by atoms with Gasteiger partial charge in [0.25, 0.3) is 0 Å². The van der Waals surface area contributed by atoms with Gasteiger partial charge in [0, 0.05) is 0 Å². The fraction of sp³-hybridized carbons (Fsp3) is 0.333. The third-order valence-corrected chi connectivity index (χ3v) is 4.72. The zero-order chi connectivity index (χ0) is 10.8. The van der Waals surface area contributed by atoms with Gasteiger partial charge in [-0.15, -0.1) is 0 Å². The molecule has 0 radical (unpaired) electrons. The summed E-state index contributed by atoms with van der Waals surface area (Å²) in [4.78, 5) is 0. The van der Waals surface area contributed by atoms with E-state index in [1.165, 1.54) is 12.2 Å². The van der Waals surface area contributed by atoms with Gasteiger partial charge in [-0.1, -0.05) is 0 Å². The van der Waals surface area contributed by atoms with Gasteiger partial charge in [0.1, 0.15) is 0 Å². The minimum absolute atomic E-state index is 0.0487. The first-order valence-electron chi connectivity index (χ1n) is 3.99. The minimum Gasteiger partial charge on any atom is -0.412 e. The van der Waals surface area contributed by atoms with E-state index < -0.39 is 15.6 Å². The van der Waals surface area contributed by atoms with Crippen molar-refractivity contribution < 1.29 is 31.5 Å². The van der Waals surface area contributed by atoms with E-state index in [4.69, 9.17) is 9.05 Å². The Bertz CT molecular complexity index is 351. The molecule has 2 atom stereocenters. The first-order valence-corrected chi connectivity index (χ1v) is 6.91. The Morgan fingerprint density at radius 1 is 0.933 bits per heavy atom. The van der Waals surface area contributed by atoms with Crippen LogP contribution in [-0.2, 0) is 31.5 Å². The van der Waals surface area contributed by atoms with Crippen LogP contribution in [0.2, 0.25) is 0 Å². The third kappa shape index (κ3) is 2.71. The van der Waals surface area contributed by atoms with Crippen LogP contribution in [0.25, 0.3) is 0 Å². The van der Waals surface area contributed by atoms with Gasteiger partial charge < -0.3 is 9.05 Å². The zero-order valence-electron chi connectivity index (χ0n) is 7.48. The van der Waals surface area contributed by atoms with E-state index in [2.05, 4.69) is 13.4 Å². The lowest BCUT2D eigenvalue weighted by molar-refractivity contribution is 0.145. The lowest BCUT2D eigenvalue weighted by Gasteiger charge is -2.23. The number of phosphoric ester groups is 2. The predicted octanol–water partition coefficient (Wildman–Crippen LogP) is 2.34. The average Bonchev–Trinajstić information content (AvgIpc) is 2.18. The monoisotopic (exact) mass is 254 g/mol. The summed E-state index contributed by atoms with van der Waals surface area (Å²) in [6, 6.07) is 0. The first kappa shape index (κ1) is 10.9. The molecule has 15 heavy (non-hydrogen) atoms. The summed E-state index contributed by atoms with van der Waals surface area (Å²) in [7, 11) is -7.76. The van der Waals surface area contributed by atoms with Crippen LogP contribution in [-0.4, -0.2) is 13.2 Å². The zero-order valence-corrected chi connectivity index (χ0v) is 9.26. The van der Waals surface area contributed by atoms with Crippen LogP contribution in [0, 0.1) is 0 Å². The Labute approximate surface area is 85.8 Å². The van der Waals surface area contributed by atoms with E-state index in [0.29, 0.717) is 0 Å². The van der Waals surface area contributed by atoms with Gasteiger partial charge >= 0.3 is 15.6 Å². The highest BCUT2D eigenvalue weighted by molar-refractivity contribution is 7.62. The van der Waals surface area contributed by atoms with Gasteiger partial charge in [-0.2, -0.15) is 4.31 Å². The molecule has 0 aromatic carbocycles. The minimum atomic E-state index is -3.88. The lowest BCUT2D eigenvalue weighted by atomic mass is 10.7. The summed E-state index contributed by atoms with van der Waals surface area (Å²) in [5, 5.41) is 0. The van der Waals surface area contributed by atoms with E-state index >= 15 is 0 Å². The maximum Gasteiger partial charge on any atom is 0.539 e. The Morgan fingerprint density at radius 3 is 1.73 bits per heavy atom. The Balaban J connectivity index is 2.07. The number of hydrogen-bond donors (Lipinski definition) is 0. The molecule has 0 aromatic heterocycles. The second-order valence-electron chi connectivity index (χ2n) is 2.52. The van der Waals surface area contributed by atoms with E-state index in [0.717, 1.165) is 12.5 Å². The molecular formula is C6H8O7P2. The number of rotatable bonds is 2. The van der Waals surface area contributed by atoms with Crippen molar-refractivity contribution in [3.63, 3.8) is 0 Å². The summed E-state index contributed by atoms with van der Waals surface area (Å²) in [6.07, 6.45) is 5.27. The summed E-state index contributed by atoms with van der Waals surface area (Å²) in [5.41, 5.74) is 0. The fourth-order valence-electron chi connectivity index (χ4n) is 0.851. The SMILES string of the molecule is O=P1(OP2(=O)OC=CCO2)OC=CCO1. The Morgan fingerprint density at radius 2 is 1.40 bits per heavy atom. The fourth-order valence-corrected chi connectivity index (χ4v) is 3.65. The van der Waals surface area contributed by atoms with Crippen LogP contribution in [0.1, 0.15) is 0 Å². The molecule has 7 nitrogen and oxygen atoms in total. The molecule has 9 heteroatoms. The van der Waals surface area contributed by atoms with Gasteiger partial charge in [0.05, 0.1) is 25.7 Å². The van der Waals surface area contributed by atoms with Gasteiger partial charge in [-0.05, 0) is 12.2 Å². The second kappa shape index (κ2) is 4.12. The molecule has 2 unspecified atom stereocenters. The smallest absolute Gasteiger partial charge is 0.412 e. The maximum absolute atomic E-state index is 11.6. The molecule has 84 valence electrons. The van der Waals surface area contributed by atoms with Crippen molar-refractivity contribution in [2.75, 3.05) is 13.2 Å². The number of hydrogen-bond acceptors (Lipinski definition) is 7. The average molecular weight is 254 g/mol. The molecule has 0 bridgehead atoms. The highest BCUT2D eigenvalue weighted by atomic mass is 31.3. The molecule has 2 aliphatic rings. The third-order valence-electron chi connectivity index (χ3n) is 1.43. The molecule has 0 saturated heterocycles. The molecule has 0 aromatic rings. The van der Waals surface area contributed by atoms with Crippen molar-refractivity contribution in [3.8, 4) is 0 Å². The van der Waals surface area contributed by atoms with Gasteiger partial charge in [0.15, 0.2) is 0 Å². The molecule has 2 rings (SSSR count). The van der Waals surface area contributed by atoms with Crippen LogP contribution in [0.3, 0.4) is 0 Å². The van der Waals surface area contributed by atoms with Crippen molar-refractivity contribution in [3.05, 3.63) is 24.7 Å². The molecule has 2 aliphatic heterocycles. The summed E-state index contributed by atoms with van der Waals surface area (Å²) < 4.78 is 46.5. The summed E-state index contributed by atoms with van der Waals surface area (Å²) in [5.74, 6) is 0. The second-order valence-corrected chi connectivity index (χ2v) is 5.90. The molecule has 2 heterocycles. The number of phosphoric acid groups is 2. The van der Waals surface area contributed by atoms with Crippen LogP contribution < -0.4 is 0 Å². The van der Waals surface area contributed by atoms with Crippen LogP contribution in [0.4, 0.5) is 0 Å². The highest BCUT2D eigenvalue weighted by Gasteiger charge is 2.43. The van der Waals surface area contributed by atoms with Gasteiger partial charge in [-0.25, -0.2) is 9.13 Å². The quantitative estimate of drug-likeness (QED) is 0.699. The molecule has 0 spiro atoms. The molecule has 0 N–H and O–H groups in total. The van der Waals surface area contributed by atoms with Crippen molar-refractivity contribution >= 4 is 15.6 Å². The van der Waals surface area contributed by atoms with Crippen LogP contribution >= 0.6 is 15.6 Å². The summed E-state index contributed by atoms with van der Waals surface area (Å²) >= 11 is 0. The van der Waals surface area contributed by atoms with Crippen molar-refractivity contribution in [1.82, 2.24) is 0 Å². The van der Waals surface area contributed by atoms with E-state index in [-0.39, 0.29) is 13.2 Å². The van der Waals surface area contributed by atoms with Crippen molar-refractivity contribution in [2.45, 2.75) is 0 Å². The van der Waals surface area contributed by atoms with Gasteiger partial charge in [0.2, 0.25) is 0 Å². The Hall–Kier alpha value is -0.580. The molecule has 0 saturated carbocycles. The molecule has 0 aliphatic carbocycles. The maximum atomic E-state index is 11.6. The van der Waals surface area contributed by atoms with E-state index in [9.17, 15) is 9.13 Å². The Kier molecular flexibility index (Phi) is 3.00. The van der Waals surface area contributed by atoms with E-state index in [1.54, 1.807) is 0 Å².